The van der Waals surface area contributed by atoms with E-state index in [1.807, 2.05) is 0 Å². The van der Waals surface area contributed by atoms with Crippen LogP contribution in [0.5, 0.6) is 0 Å². The number of hydrogen-bond donors (Lipinski definition) is 4. The third-order valence-corrected chi connectivity index (χ3v) is 4.32. The molecule has 0 saturated heterocycles. The molecule has 2 amide bonds. The SMILES string of the molecule is [N-]=[N+]=NCCOCCOCCCC(=O)COCCOCCNC(=O)CCC(NC(=O)CC(=O)O)C(=O)O. The van der Waals surface area contributed by atoms with E-state index in [0.717, 1.165) is 0 Å². The Morgan fingerprint density at radius 3 is 2.14 bits per heavy atom. The van der Waals surface area contributed by atoms with Crippen LogP contribution in [-0.4, -0.2) is 112 Å². The summed E-state index contributed by atoms with van der Waals surface area (Å²) in [5.41, 5.74) is 8.10. The van der Waals surface area contributed by atoms with Crippen molar-refractivity contribution in [3.05, 3.63) is 10.4 Å². The number of nitrogens with zero attached hydrogens (tertiary/aromatic N) is 3. The van der Waals surface area contributed by atoms with Crippen molar-refractivity contribution in [3.63, 3.8) is 0 Å². The molecule has 0 aliphatic heterocycles. The Bertz CT molecular complexity index is 759. The van der Waals surface area contributed by atoms with Crippen LogP contribution in [0, 0.1) is 0 Å². The van der Waals surface area contributed by atoms with Crippen molar-refractivity contribution in [2.24, 2.45) is 5.11 Å². The lowest BCUT2D eigenvalue weighted by Crippen LogP contribution is -2.42. The highest BCUT2D eigenvalue weighted by molar-refractivity contribution is 5.95. The summed E-state index contributed by atoms with van der Waals surface area (Å²) < 4.78 is 21.0. The van der Waals surface area contributed by atoms with Crippen LogP contribution in [0.4, 0.5) is 0 Å². The van der Waals surface area contributed by atoms with Crippen LogP contribution >= 0.6 is 0 Å². The molecule has 0 bridgehead atoms. The predicted octanol–water partition coefficient (Wildman–Crippen LogP) is -0.347. The van der Waals surface area contributed by atoms with Crippen LogP contribution in [-0.2, 0) is 42.9 Å². The number of hydrogen-bond acceptors (Lipinski definition) is 10. The van der Waals surface area contributed by atoms with E-state index in [1.54, 1.807) is 0 Å². The Hall–Kier alpha value is -3.30. The molecule has 1 atom stereocenters. The van der Waals surface area contributed by atoms with Gasteiger partial charge in [0.2, 0.25) is 11.8 Å². The van der Waals surface area contributed by atoms with Gasteiger partial charge in [0.25, 0.3) is 0 Å². The second-order valence-corrected chi connectivity index (χ2v) is 7.40. The number of carbonyl (C=O) groups is 5. The second-order valence-electron chi connectivity index (χ2n) is 7.40. The second kappa shape index (κ2) is 23.1. The zero-order chi connectivity index (χ0) is 27.7. The first kappa shape index (κ1) is 33.7. The first-order valence-electron chi connectivity index (χ1n) is 11.6. The van der Waals surface area contributed by atoms with Crippen molar-refractivity contribution >= 4 is 29.5 Å². The van der Waals surface area contributed by atoms with Crippen molar-refractivity contribution in [2.45, 2.75) is 38.1 Å². The molecule has 0 fully saturated rings. The monoisotopic (exact) mass is 533 g/mol. The highest BCUT2D eigenvalue weighted by atomic mass is 16.5. The van der Waals surface area contributed by atoms with Crippen molar-refractivity contribution < 1.29 is 53.1 Å². The Balaban J connectivity index is 3.62. The molecule has 210 valence electrons. The lowest BCUT2D eigenvalue weighted by molar-refractivity contribution is -0.145. The normalized spacial score (nSPS) is 11.2. The van der Waals surface area contributed by atoms with Gasteiger partial charge in [-0.2, -0.15) is 0 Å². The molecular weight excluding hydrogens is 498 g/mol. The Labute approximate surface area is 213 Å². The average Bonchev–Trinajstić information content (AvgIpc) is 2.83. The van der Waals surface area contributed by atoms with E-state index < -0.39 is 36.2 Å². The van der Waals surface area contributed by atoms with Crippen molar-refractivity contribution in [2.75, 3.05) is 65.9 Å². The fourth-order valence-electron chi connectivity index (χ4n) is 2.59. The van der Waals surface area contributed by atoms with E-state index in [1.165, 1.54) is 0 Å². The highest BCUT2D eigenvalue weighted by Gasteiger charge is 2.22. The Morgan fingerprint density at radius 2 is 1.49 bits per heavy atom. The number of azide groups is 1. The van der Waals surface area contributed by atoms with Gasteiger partial charge in [-0.1, -0.05) is 5.11 Å². The maximum atomic E-state index is 11.8. The molecule has 0 aliphatic rings. The summed E-state index contributed by atoms with van der Waals surface area (Å²) in [6.07, 6.45) is -0.376. The molecule has 0 heterocycles. The molecule has 0 saturated carbocycles. The third kappa shape index (κ3) is 22.9. The number of ether oxygens (including phenoxy) is 4. The van der Waals surface area contributed by atoms with Gasteiger partial charge >= 0.3 is 11.9 Å². The average molecular weight is 534 g/mol. The summed E-state index contributed by atoms with van der Waals surface area (Å²) in [6, 6.07) is -1.37. The summed E-state index contributed by atoms with van der Waals surface area (Å²) in [7, 11) is 0. The Morgan fingerprint density at radius 1 is 0.838 bits per heavy atom. The van der Waals surface area contributed by atoms with Crippen molar-refractivity contribution in [1.82, 2.24) is 10.6 Å². The van der Waals surface area contributed by atoms with Crippen LogP contribution in [0.1, 0.15) is 32.1 Å². The molecule has 0 aromatic rings. The molecular formula is C21H35N5O11. The largest absolute Gasteiger partial charge is 0.481 e. The number of aliphatic carboxylic acids is 2. The molecule has 1 unspecified atom stereocenters. The van der Waals surface area contributed by atoms with Gasteiger partial charge in [-0.25, -0.2) is 4.79 Å². The lowest BCUT2D eigenvalue weighted by atomic mass is 10.1. The van der Waals surface area contributed by atoms with Gasteiger partial charge in [0, 0.05) is 37.4 Å². The summed E-state index contributed by atoms with van der Waals surface area (Å²) in [4.78, 5) is 59.1. The highest BCUT2D eigenvalue weighted by Crippen LogP contribution is 1.99. The minimum absolute atomic E-state index is 0.0453. The molecule has 0 aromatic heterocycles. The van der Waals surface area contributed by atoms with Gasteiger partial charge in [-0.3, -0.25) is 19.2 Å². The van der Waals surface area contributed by atoms with Gasteiger partial charge < -0.3 is 39.8 Å². The first-order valence-corrected chi connectivity index (χ1v) is 11.6. The van der Waals surface area contributed by atoms with Crippen LogP contribution < -0.4 is 10.6 Å². The maximum Gasteiger partial charge on any atom is 0.326 e. The van der Waals surface area contributed by atoms with Gasteiger partial charge in [0.1, 0.15) is 19.1 Å². The molecule has 0 rings (SSSR count). The number of carboxylic acids is 2. The van der Waals surface area contributed by atoms with Crippen LogP contribution in [0.25, 0.3) is 10.4 Å². The minimum atomic E-state index is -1.39. The van der Waals surface area contributed by atoms with Gasteiger partial charge in [-0.05, 0) is 18.4 Å². The van der Waals surface area contributed by atoms with Crippen molar-refractivity contribution in [1.29, 1.82) is 0 Å². The fraction of sp³-hybridized carbons (Fsp3) is 0.762. The lowest BCUT2D eigenvalue weighted by Gasteiger charge is -2.13. The zero-order valence-electron chi connectivity index (χ0n) is 20.6. The molecule has 4 N–H and O–H groups in total. The van der Waals surface area contributed by atoms with Gasteiger partial charge in [-0.15, -0.1) is 0 Å². The number of carboxylic acid groups (broad SMARTS) is 2. The van der Waals surface area contributed by atoms with E-state index >= 15 is 0 Å². The standard InChI is InChI=1S/C21H35N5O11/c22-26-24-6-9-36-11-10-34-7-1-2-16(27)15-37-13-12-35-8-5-23-18(28)4-3-17(21(32)33)25-19(29)14-20(30)31/h17H,1-15H2,(H,23,28)(H,25,29)(H,30,31)(H,32,33). The number of amides is 2. The maximum absolute atomic E-state index is 11.8. The molecule has 16 nitrogen and oxygen atoms in total. The molecule has 0 aromatic carbocycles. The van der Waals surface area contributed by atoms with Crippen LogP contribution in [0.3, 0.4) is 0 Å². The number of rotatable bonds is 25. The van der Waals surface area contributed by atoms with E-state index in [4.69, 9.17) is 34.7 Å². The summed E-state index contributed by atoms with van der Waals surface area (Å²) in [5.74, 6) is -4.24. The van der Waals surface area contributed by atoms with E-state index in [9.17, 15) is 24.0 Å². The number of nitrogens with one attached hydrogen (secondary N) is 2. The smallest absolute Gasteiger partial charge is 0.326 e. The first-order chi connectivity index (χ1) is 17.8. The van der Waals surface area contributed by atoms with E-state index in [2.05, 4.69) is 20.7 Å². The minimum Gasteiger partial charge on any atom is -0.481 e. The summed E-state index contributed by atoms with van der Waals surface area (Å²) >= 11 is 0. The fourth-order valence-corrected chi connectivity index (χ4v) is 2.59. The number of carbonyl (C=O) groups excluding carboxylic acids is 3. The summed E-state index contributed by atoms with van der Waals surface area (Å²) in [5, 5.41) is 25.5. The summed E-state index contributed by atoms with van der Waals surface area (Å²) in [6.45, 7) is 2.48. The number of ketones is 1. The zero-order valence-corrected chi connectivity index (χ0v) is 20.6. The Kier molecular flexibility index (Phi) is 21.1. The van der Waals surface area contributed by atoms with E-state index in [-0.39, 0.29) is 58.1 Å². The topological polar surface area (TPSA) is 236 Å². The van der Waals surface area contributed by atoms with E-state index in [0.29, 0.717) is 39.3 Å². The van der Waals surface area contributed by atoms with Crippen LogP contribution in [0.15, 0.2) is 5.11 Å². The quantitative estimate of drug-likeness (QED) is 0.0389. The van der Waals surface area contributed by atoms with Gasteiger partial charge in [0.05, 0.1) is 39.6 Å². The number of Topliss-reactive ketones (excluding diaryl/α,β-unsaturated/α-hetero) is 1. The molecule has 37 heavy (non-hydrogen) atoms. The molecule has 16 heteroatoms. The van der Waals surface area contributed by atoms with Gasteiger partial charge in [0.15, 0.2) is 5.78 Å². The van der Waals surface area contributed by atoms with Crippen LogP contribution in [0.2, 0.25) is 0 Å². The molecule has 0 aliphatic carbocycles. The third-order valence-electron chi connectivity index (χ3n) is 4.32. The molecule has 0 radical (unpaired) electrons. The predicted molar refractivity (Wildman–Crippen MR) is 126 cm³/mol. The molecule has 0 spiro atoms. The van der Waals surface area contributed by atoms with Crippen molar-refractivity contribution in [3.8, 4) is 0 Å².